The van der Waals surface area contributed by atoms with Crippen LogP contribution in [0.1, 0.15) is 30.8 Å². The molecule has 0 aliphatic heterocycles. The Kier molecular flexibility index (Phi) is 5.40. The van der Waals surface area contributed by atoms with E-state index in [1.54, 1.807) is 30.6 Å². The maximum Gasteiger partial charge on any atom is 0.227 e. The summed E-state index contributed by atoms with van der Waals surface area (Å²) >= 11 is 5.87. The Bertz CT molecular complexity index is 834. The largest absolute Gasteiger partial charge is 0.350 e. The van der Waals surface area contributed by atoms with Gasteiger partial charge in [-0.2, -0.15) is 4.98 Å². The van der Waals surface area contributed by atoms with E-state index in [0.717, 1.165) is 11.1 Å². The van der Waals surface area contributed by atoms with Crippen LogP contribution in [0, 0.1) is 0 Å². The molecule has 0 unspecified atom stereocenters. The summed E-state index contributed by atoms with van der Waals surface area (Å²) in [6, 6.07) is 10.9. The molecule has 0 radical (unpaired) electrons. The van der Waals surface area contributed by atoms with Gasteiger partial charge in [0.05, 0.1) is 6.04 Å². The van der Waals surface area contributed by atoms with Crippen molar-refractivity contribution in [1.82, 2.24) is 20.4 Å². The lowest BCUT2D eigenvalue weighted by Gasteiger charge is -2.14. The zero-order chi connectivity index (χ0) is 17.6. The number of pyridine rings is 1. The van der Waals surface area contributed by atoms with Crippen LogP contribution in [0.2, 0.25) is 5.02 Å². The molecule has 1 atom stereocenters. The molecule has 2 aromatic heterocycles. The Morgan fingerprint density at radius 2 is 2.08 bits per heavy atom. The van der Waals surface area contributed by atoms with Crippen molar-refractivity contribution in [3.05, 3.63) is 65.3 Å². The van der Waals surface area contributed by atoms with E-state index >= 15 is 0 Å². The number of nitrogens with one attached hydrogen (secondary N) is 1. The molecule has 0 saturated carbocycles. The van der Waals surface area contributed by atoms with Gasteiger partial charge in [-0.25, -0.2) is 0 Å². The molecule has 0 fully saturated rings. The van der Waals surface area contributed by atoms with E-state index in [-0.39, 0.29) is 18.4 Å². The Morgan fingerprint density at radius 3 is 2.80 bits per heavy atom. The van der Waals surface area contributed by atoms with Crippen molar-refractivity contribution < 1.29 is 9.32 Å². The van der Waals surface area contributed by atoms with Crippen LogP contribution in [0.4, 0.5) is 0 Å². The first-order valence-corrected chi connectivity index (χ1v) is 8.27. The fourth-order valence-corrected chi connectivity index (χ4v) is 2.46. The van der Waals surface area contributed by atoms with Gasteiger partial charge in [0.15, 0.2) is 0 Å². The van der Waals surface area contributed by atoms with Crippen molar-refractivity contribution in [3.63, 3.8) is 0 Å². The van der Waals surface area contributed by atoms with Crippen molar-refractivity contribution in [2.75, 3.05) is 0 Å². The van der Waals surface area contributed by atoms with Gasteiger partial charge in [-0.15, -0.1) is 0 Å². The van der Waals surface area contributed by atoms with Gasteiger partial charge < -0.3 is 9.84 Å². The highest BCUT2D eigenvalue weighted by Gasteiger charge is 2.13. The number of carbonyl (C=O) groups is 1. The van der Waals surface area contributed by atoms with Gasteiger partial charge in [0.1, 0.15) is 0 Å². The number of amides is 1. The van der Waals surface area contributed by atoms with E-state index in [2.05, 4.69) is 20.4 Å². The summed E-state index contributed by atoms with van der Waals surface area (Å²) in [5.41, 5.74) is 1.77. The smallest absolute Gasteiger partial charge is 0.227 e. The summed E-state index contributed by atoms with van der Waals surface area (Å²) in [5, 5.41) is 7.52. The van der Waals surface area contributed by atoms with Crippen LogP contribution in [-0.2, 0) is 11.2 Å². The van der Waals surface area contributed by atoms with E-state index in [1.807, 2.05) is 25.1 Å². The molecule has 1 aromatic carbocycles. The van der Waals surface area contributed by atoms with E-state index in [0.29, 0.717) is 23.2 Å². The maximum absolute atomic E-state index is 12.1. The Balaban J connectivity index is 1.52. The second-order valence-electron chi connectivity index (χ2n) is 5.59. The number of benzene rings is 1. The zero-order valence-corrected chi connectivity index (χ0v) is 14.4. The first-order chi connectivity index (χ1) is 12.1. The van der Waals surface area contributed by atoms with Crippen molar-refractivity contribution in [3.8, 4) is 11.4 Å². The number of nitrogens with zero attached hydrogens (tertiary/aromatic N) is 3. The average Bonchev–Trinajstić information content (AvgIpc) is 3.10. The monoisotopic (exact) mass is 356 g/mol. The molecular weight excluding hydrogens is 340 g/mol. The summed E-state index contributed by atoms with van der Waals surface area (Å²) in [6.45, 7) is 1.92. The molecule has 0 spiro atoms. The predicted molar refractivity (Wildman–Crippen MR) is 93.9 cm³/mol. The predicted octanol–water partition coefficient (Wildman–Crippen LogP) is 3.60. The van der Waals surface area contributed by atoms with Gasteiger partial charge in [-0.1, -0.05) is 28.9 Å². The average molecular weight is 357 g/mol. The van der Waals surface area contributed by atoms with Crippen LogP contribution in [0.15, 0.2) is 53.3 Å². The Hall–Kier alpha value is -2.73. The standard InChI is InChI=1S/C18H17ClN4O2/c1-12(13-4-6-15(19)7-5-13)21-16(24)8-9-17-22-18(23-25-17)14-3-2-10-20-11-14/h2-7,10-12H,8-9H2,1H3,(H,21,24)/t12-/m1/s1. The third-order valence-electron chi connectivity index (χ3n) is 3.70. The van der Waals surface area contributed by atoms with E-state index in [9.17, 15) is 4.79 Å². The highest BCUT2D eigenvalue weighted by Crippen LogP contribution is 2.17. The molecule has 1 N–H and O–H groups in total. The van der Waals surface area contributed by atoms with Crippen molar-refractivity contribution >= 4 is 17.5 Å². The molecule has 0 aliphatic rings. The van der Waals surface area contributed by atoms with Gasteiger partial charge in [0, 0.05) is 35.8 Å². The zero-order valence-electron chi connectivity index (χ0n) is 13.6. The van der Waals surface area contributed by atoms with Gasteiger partial charge in [-0.05, 0) is 36.8 Å². The number of aryl methyl sites for hydroxylation is 1. The summed E-state index contributed by atoms with van der Waals surface area (Å²) in [7, 11) is 0. The highest BCUT2D eigenvalue weighted by atomic mass is 35.5. The number of halogens is 1. The third kappa shape index (κ3) is 4.64. The van der Waals surface area contributed by atoms with E-state index < -0.39 is 0 Å². The molecule has 0 saturated heterocycles. The second-order valence-corrected chi connectivity index (χ2v) is 6.03. The third-order valence-corrected chi connectivity index (χ3v) is 3.95. The maximum atomic E-state index is 12.1. The molecule has 0 bridgehead atoms. The van der Waals surface area contributed by atoms with Crippen molar-refractivity contribution in [1.29, 1.82) is 0 Å². The number of hydrogen-bond donors (Lipinski definition) is 1. The SMILES string of the molecule is C[C@@H](NC(=O)CCc1nc(-c2cccnc2)no1)c1ccc(Cl)cc1. The molecule has 128 valence electrons. The lowest BCUT2D eigenvalue weighted by atomic mass is 10.1. The van der Waals surface area contributed by atoms with Gasteiger partial charge >= 0.3 is 0 Å². The van der Waals surface area contributed by atoms with Crippen LogP contribution in [0.5, 0.6) is 0 Å². The molecule has 7 heteroatoms. The molecule has 3 aromatic rings. The molecule has 2 heterocycles. The minimum absolute atomic E-state index is 0.0800. The van der Waals surface area contributed by atoms with Gasteiger partial charge in [-0.3, -0.25) is 9.78 Å². The minimum Gasteiger partial charge on any atom is -0.350 e. The number of hydrogen-bond acceptors (Lipinski definition) is 5. The van der Waals surface area contributed by atoms with E-state index in [4.69, 9.17) is 16.1 Å². The molecule has 25 heavy (non-hydrogen) atoms. The van der Waals surface area contributed by atoms with Crippen molar-refractivity contribution in [2.24, 2.45) is 0 Å². The summed E-state index contributed by atoms with van der Waals surface area (Å²) < 4.78 is 5.19. The molecule has 6 nitrogen and oxygen atoms in total. The lowest BCUT2D eigenvalue weighted by molar-refractivity contribution is -0.121. The van der Waals surface area contributed by atoms with Crippen molar-refractivity contribution in [2.45, 2.75) is 25.8 Å². The van der Waals surface area contributed by atoms with Crippen LogP contribution >= 0.6 is 11.6 Å². The number of carbonyl (C=O) groups excluding carboxylic acids is 1. The fraction of sp³-hybridized carbons (Fsp3) is 0.222. The quantitative estimate of drug-likeness (QED) is 0.729. The molecule has 0 aliphatic carbocycles. The highest BCUT2D eigenvalue weighted by molar-refractivity contribution is 6.30. The summed E-state index contributed by atoms with van der Waals surface area (Å²) in [5.74, 6) is 0.815. The van der Waals surface area contributed by atoms with Crippen LogP contribution in [0.25, 0.3) is 11.4 Å². The van der Waals surface area contributed by atoms with Crippen LogP contribution in [0.3, 0.4) is 0 Å². The fourth-order valence-electron chi connectivity index (χ4n) is 2.34. The van der Waals surface area contributed by atoms with Gasteiger partial charge in [0.25, 0.3) is 0 Å². The molecule has 1 amide bonds. The Morgan fingerprint density at radius 1 is 1.28 bits per heavy atom. The Labute approximate surface area is 150 Å². The summed E-state index contributed by atoms with van der Waals surface area (Å²) in [6.07, 6.45) is 3.99. The van der Waals surface area contributed by atoms with E-state index in [1.165, 1.54) is 0 Å². The second kappa shape index (κ2) is 7.90. The van der Waals surface area contributed by atoms with Gasteiger partial charge in [0.2, 0.25) is 17.6 Å². The number of rotatable bonds is 6. The van der Waals surface area contributed by atoms with Crippen LogP contribution < -0.4 is 5.32 Å². The normalized spacial score (nSPS) is 11.9. The molecular formula is C18H17ClN4O2. The lowest BCUT2D eigenvalue weighted by Crippen LogP contribution is -2.26. The van der Waals surface area contributed by atoms with Crippen LogP contribution in [-0.4, -0.2) is 21.0 Å². The topological polar surface area (TPSA) is 80.9 Å². The summed E-state index contributed by atoms with van der Waals surface area (Å²) in [4.78, 5) is 20.4. The first-order valence-electron chi connectivity index (χ1n) is 7.89. The number of aromatic nitrogens is 3. The first kappa shape index (κ1) is 17.1. The molecule has 3 rings (SSSR count). The minimum atomic E-state index is -0.0987.